The van der Waals surface area contributed by atoms with Crippen LogP contribution in [0.25, 0.3) is 0 Å². The second-order valence-electron chi connectivity index (χ2n) is 4.68. The highest BCUT2D eigenvalue weighted by atomic mass is 35.5. The van der Waals surface area contributed by atoms with Gasteiger partial charge >= 0.3 is 0 Å². The van der Waals surface area contributed by atoms with Gasteiger partial charge < -0.3 is 4.74 Å². The number of nitrogens with two attached hydrogens (primary N) is 1. The van der Waals surface area contributed by atoms with E-state index in [1.54, 1.807) is 0 Å². The van der Waals surface area contributed by atoms with E-state index in [2.05, 4.69) is 5.43 Å². The zero-order valence-corrected chi connectivity index (χ0v) is 11.7. The van der Waals surface area contributed by atoms with Crippen molar-refractivity contribution < 1.29 is 4.74 Å². The molecule has 100 valence electrons. The van der Waals surface area contributed by atoms with Crippen LogP contribution in [0.3, 0.4) is 0 Å². The second-order valence-corrected chi connectivity index (χ2v) is 5.50. The van der Waals surface area contributed by atoms with E-state index in [9.17, 15) is 0 Å². The molecule has 5 heteroatoms. The Morgan fingerprint density at radius 3 is 2.61 bits per heavy atom. The Balaban J connectivity index is 2.04. The van der Waals surface area contributed by atoms with Crippen LogP contribution in [0.2, 0.25) is 10.0 Å². The van der Waals surface area contributed by atoms with E-state index >= 15 is 0 Å². The summed E-state index contributed by atoms with van der Waals surface area (Å²) in [7, 11) is 0. The number of halogens is 2. The van der Waals surface area contributed by atoms with Crippen LogP contribution in [0.4, 0.5) is 0 Å². The van der Waals surface area contributed by atoms with Crippen molar-refractivity contribution >= 4 is 23.2 Å². The summed E-state index contributed by atoms with van der Waals surface area (Å²) in [6, 6.07) is 5.78. The van der Waals surface area contributed by atoms with E-state index in [1.807, 2.05) is 18.2 Å². The fourth-order valence-corrected chi connectivity index (χ4v) is 2.65. The number of ether oxygens (including phenoxy) is 1. The molecule has 0 radical (unpaired) electrons. The molecule has 1 aromatic rings. The van der Waals surface area contributed by atoms with Crippen molar-refractivity contribution in [3.05, 3.63) is 33.8 Å². The first kappa shape index (κ1) is 14.1. The van der Waals surface area contributed by atoms with E-state index in [0.717, 1.165) is 38.0 Å². The minimum Gasteiger partial charge on any atom is -0.381 e. The van der Waals surface area contributed by atoms with E-state index in [1.165, 1.54) is 0 Å². The van der Waals surface area contributed by atoms with Gasteiger partial charge in [-0.3, -0.25) is 11.3 Å². The molecule has 1 aliphatic rings. The molecule has 0 aromatic heterocycles. The predicted molar refractivity (Wildman–Crippen MR) is 74.7 cm³/mol. The third-order valence-electron chi connectivity index (χ3n) is 3.46. The molecule has 1 fully saturated rings. The Kier molecular flexibility index (Phi) is 5.27. The van der Waals surface area contributed by atoms with Gasteiger partial charge in [-0.15, -0.1) is 0 Å². The number of benzene rings is 1. The topological polar surface area (TPSA) is 47.3 Å². The zero-order chi connectivity index (χ0) is 13.0. The SMILES string of the molecule is NNC(CC1CCOCC1)c1ccc(Cl)c(Cl)c1. The maximum atomic E-state index is 6.04. The highest BCUT2D eigenvalue weighted by molar-refractivity contribution is 6.42. The summed E-state index contributed by atoms with van der Waals surface area (Å²) in [5.74, 6) is 6.30. The van der Waals surface area contributed by atoms with E-state index < -0.39 is 0 Å². The molecule has 3 nitrogen and oxygen atoms in total. The highest BCUT2D eigenvalue weighted by Crippen LogP contribution is 2.30. The molecular formula is C13H18Cl2N2O. The quantitative estimate of drug-likeness (QED) is 0.660. The molecule has 1 heterocycles. The fraction of sp³-hybridized carbons (Fsp3) is 0.538. The first-order valence-electron chi connectivity index (χ1n) is 6.19. The third-order valence-corrected chi connectivity index (χ3v) is 4.20. The van der Waals surface area contributed by atoms with Crippen molar-refractivity contribution in [3.63, 3.8) is 0 Å². The van der Waals surface area contributed by atoms with Gasteiger partial charge in [-0.1, -0.05) is 29.3 Å². The third kappa shape index (κ3) is 3.59. The molecule has 1 aromatic carbocycles. The van der Waals surface area contributed by atoms with E-state index in [0.29, 0.717) is 16.0 Å². The first-order valence-corrected chi connectivity index (χ1v) is 6.95. The molecular weight excluding hydrogens is 271 g/mol. The molecule has 18 heavy (non-hydrogen) atoms. The number of hydrazine groups is 1. The Morgan fingerprint density at radius 1 is 1.28 bits per heavy atom. The van der Waals surface area contributed by atoms with Crippen molar-refractivity contribution in [1.82, 2.24) is 5.43 Å². The number of hydrogen-bond donors (Lipinski definition) is 2. The standard InChI is InChI=1S/C13H18Cl2N2O/c14-11-2-1-10(8-12(11)15)13(17-16)7-9-3-5-18-6-4-9/h1-2,8-9,13,17H,3-7,16H2. The molecule has 2 rings (SSSR count). The van der Waals surface area contributed by atoms with Gasteiger partial charge in [-0.25, -0.2) is 0 Å². The van der Waals surface area contributed by atoms with Crippen molar-refractivity contribution in [2.75, 3.05) is 13.2 Å². The Bertz CT molecular complexity index is 395. The van der Waals surface area contributed by atoms with E-state index in [4.69, 9.17) is 33.8 Å². The molecule has 0 aliphatic carbocycles. The van der Waals surface area contributed by atoms with Gasteiger partial charge in [0.2, 0.25) is 0 Å². The molecule has 0 bridgehead atoms. The van der Waals surface area contributed by atoms with Crippen LogP contribution in [0.1, 0.15) is 30.9 Å². The molecule has 3 N–H and O–H groups in total. The maximum Gasteiger partial charge on any atom is 0.0595 e. The average Bonchev–Trinajstić information content (AvgIpc) is 2.40. The van der Waals surface area contributed by atoms with Crippen molar-refractivity contribution in [3.8, 4) is 0 Å². The summed E-state index contributed by atoms with van der Waals surface area (Å²) in [5.41, 5.74) is 3.95. The first-order chi connectivity index (χ1) is 8.70. The number of rotatable bonds is 4. The Labute approximate surface area is 118 Å². The van der Waals surface area contributed by atoms with Crippen LogP contribution >= 0.6 is 23.2 Å². The van der Waals surface area contributed by atoms with Crippen LogP contribution in [0.15, 0.2) is 18.2 Å². The smallest absolute Gasteiger partial charge is 0.0595 e. The van der Waals surface area contributed by atoms with Crippen LogP contribution in [0, 0.1) is 5.92 Å². The fourth-order valence-electron chi connectivity index (χ4n) is 2.34. The summed E-state index contributed by atoms with van der Waals surface area (Å²) in [6.07, 6.45) is 3.19. The average molecular weight is 289 g/mol. The van der Waals surface area contributed by atoms with E-state index in [-0.39, 0.29) is 6.04 Å². The molecule has 1 saturated heterocycles. The summed E-state index contributed by atoms with van der Waals surface area (Å²) < 4.78 is 5.37. The largest absolute Gasteiger partial charge is 0.381 e. The van der Waals surface area contributed by atoms with Gasteiger partial charge in [0.15, 0.2) is 0 Å². The van der Waals surface area contributed by atoms with Crippen molar-refractivity contribution in [2.24, 2.45) is 11.8 Å². The van der Waals surface area contributed by atoms with Crippen LogP contribution in [-0.4, -0.2) is 13.2 Å². The Hall–Kier alpha value is -0.320. The van der Waals surface area contributed by atoms with Crippen molar-refractivity contribution in [2.45, 2.75) is 25.3 Å². The zero-order valence-electron chi connectivity index (χ0n) is 10.2. The maximum absolute atomic E-state index is 6.04. The van der Waals surface area contributed by atoms with Gasteiger partial charge in [0.25, 0.3) is 0 Å². The predicted octanol–water partition coefficient (Wildman–Crippen LogP) is 3.31. The lowest BCUT2D eigenvalue weighted by molar-refractivity contribution is 0.0605. The lowest BCUT2D eigenvalue weighted by atomic mass is 9.90. The lowest BCUT2D eigenvalue weighted by Crippen LogP contribution is -2.31. The van der Waals surface area contributed by atoms with Crippen LogP contribution < -0.4 is 11.3 Å². The van der Waals surface area contributed by atoms with Gasteiger partial charge in [-0.05, 0) is 42.9 Å². The normalized spacial score (nSPS) is 18.8. The molecule has 0 spiro atoms. The second kappa shape index (κ2) is 6.73. The van der Waals surface area contributed by atoms with Gasteiger partial charge in [-0.2, -0.15) is 0 Å². The molecule has 0 amide bonds. The van der Waals surface area contributed by atoms with Crippen LogP contribution in [0.5, 0.6) is 0 Å². The summed E-state index contributed by atoms with van der Waals surface area (Å²) in [4.78, 5) is 0. The molecule has 1 atom stereocenters. The van der Waals surface area contributed by atoms with Gasteiger partial charge in [0.1, 0.15) is 0 Å². The summed E-state index contributed by atoms with van der Waals surface area (Å²) in [5, 5.41) is 1.14. The monoisotopic (exact) mass is 288 g/mol. The Morgan fingerprint density at radius 2 is 2.00 bits per heavy atom. The van der Waals surface area contributed by atoms with Crippen molar-refractivity contribution in [1.29, 1.82) is 0 Å². The summed E-state index contributed by atoms with van der Waals surface area (Å²) >= 11 is 12.0. The lowest BCUT2D eigenvalue weighted by Gasteiger charge is -2.26. The number of hydrogen-bond acceptors (Lipinski definition) is 3. The molecule has 1 unspecified atom stereocenters. The minimum atomic E-state index is 0.114. The molecule has 0 saturated carbocycles. The van der Waals surface area contributed by atoms with Crippen LogP contribution in [-0.2, 0) is 4.74 Å². The molecule has 1 aliphatic heterocycles. The highest BCUT2D eigenvalue weighted by Gasteiger charge is 2.20. The minimum absolute atomic E-state index is 0.114. The van der Waals surface area contributed by atoms with Gasteiger partial charge in [0.05, 0.1) is 10.0 Å². The number of nitrogens with one attached hydrogen (secondary N) is 1. The van der Waals surface area contributed by atoms with Gasteiger partial charge in [0, 0.05) is 19.3 Å². The summed E-state index contributed by atoms with van der Waals surface area (Å²) in [6.45, 7) is 1.70.